The Morgan fingerprint density at radius 3 is 2.43 bits per heavy atom. The molecular formula is C29H36N2O5S. The van der Waals surface area contributed by atoms with Gasteiger partial charge in [0.05, 0.1) is 35.8 Å². The van der Waals surface area contributed by atoms with Crippen LogP contribution in [-0.4, -0.2) is 69.1 Å². The highest BCUT2D eigenvalue weighted by Gasteiger charge is 2.74. The third-order valence-electron chi connectivity index (χ3n) is 8.48. The van der Waals surface area contributed by atoms with Crippen LogP contribution in [-0.2, 0) is 19.1 Å². The van der Waals surface area contributed by atoms with Gasteiger partial charge >= 0.3 is 5.97 Å². The van der Waals surface area contributed by atoms with Gasteiger partial charge < -0.3 is 19.6 Å². The summed E-state index contributed by atoms with van der Waals surface area (Å²) in [5, 5.41) is 10.4. The van der Waals surface area contributed by atoms with Gasteiger partial charge in [-0.05, 0) is 44.2 Å². The Bertz CT molecular complexity index is 1170. The zero-order chi connectivity index (χ0) is 26.7. The lowest BCUT2D eigenvalue weighted by molar-refractivity contribution is -0.154. The Morgan fingerprint density at radius 1 is 1.08 bits per heavy atom. The smallest absolute Gasteiger partial charge is 0.311 e. The molecule has 1 unspecified atom stereocenters. The van der Waals surface area contributed by atoms with Crippen molar-refractivity contribution in [1.29, 1.82) is 0 Å². The van der Waals surface area contributed by atoms with Crippen LogP contribution in [0.5, 0.6) is 0 Å². The summed E-state index contributed by atoms with van der Waals surface area (Å²) in [4.78, 5) is 45.9. The maximum atomic E-state index is 14.7. The second kappa shape index (κ2) is 9.31. The first-order valence-electron chi connectivity index (χ1n) is 13.1. The molecule has 198 valence electrons. The number of aliphatic hydroxyl groups is 1. The monoisotopic (exact) mass is 524 g/mol. The summed E-state index contributed by atoms with van der Waals surface area (Å²) < 4.78 is 3.94. The predicted octanol–water partition coefficient (Wildman–Crippen LogP) is 3.41. The number of ether oxygens (including phenoxy) is 1. The van der Waals surface area contributed by atoms with E-state index in [4.69, 9.17) is 4.74 Å². The molecule has 8 heteroatoms. The summed E-state index contributed by atoms with van der Waals surface area (Å²) in [6.07, 6.45) is 8.63. The fourth-order valence-corrected chi connectivity index (χ4v) is 8.98. The number of para-hydroxylation sites is 1. The number of likely N-dealkylation sites (tertiary alicyclic amines) is 1. The number of thioether (sulfide) groups is 1. The lowest BCUT2D eigenvalue weighted by atomic mass is 9.74. The first-order chi connectivity index (χ1) is 17.6. The number of fused-ring (bicyclic) bond motifs is 2. The molecular weight excluding hydrogens is 488 g/mol. The molecule has 4 aliphatic rings. The van der Waals surface area contributed by atoms with Gasteiger partial charge in [-0.3, -0.25) is 14.4 Å². The minimum absolute atomic E-state index is 0.0842. The Balaban J connectivity index is 1.72. The normalized spacial score (nSPS) is 34.0. The van der Waals surface area contributed by atoms with Gasteiger partial charge in [-0.2, -0.15) is 0 Å². The predicted molar refractivity (Wildman–Crippen MR) is 144 cm³/mol. The third kappa shape index (κ3) is 3.78. The van der Waals surface area contributed by atoms with E-state index in [0.29, 0.717) is 13.0 Å². The molecule has 0 bridgehead atoms. The first kappa shape index (κ1) is 26.0. The standard InChI is InChI=1S/C29H36N2O5S/c1-17(2)20(16-32)31-24-26(34)30(23-18(3)10-8-11-19(23)4)14-9-13-29(24)21(25(31)33)22-27(35)36-15-7-6-12-28(22,5)37-29/h6,8-13,17,20-22,24,32H,7,14-16H2,1-5H3/t20-,21-,22+,24?,28-,29-/m0/s1. The second-order valence-corrected chi connectivity index (χ2v) is 13.0. The summed E-state index contributed by atoms with van der Waals surface area (Å²) in [5.74, 6) is -2.42. The molecule has 0 aromatic heterocycles. The van der Waals surface area contributed by atoms with E-state index in [1.165, 1.54) is 11.8 Å². The molecule has 1 N–H and O–H groups in total. The van der Waals surface area contributed by atoms with Crippen molar-refractivity contribution >= 4 is 35.2 Å². The van der Waals surface area contributed by atoms with E-state index in [2.05, 4.69) is 0 Å². The van der Waals surface area contributed by atoms with Crippen LogP contribution in [0.2, 0.25) is 0 Å². The highest BCUT2D eigenvalue weighted by Crippen LogP contribution is 2.65. The Labute approximate surface area is 222 Å². The van der Waals surface area contributed by atoms with Crippen molar-refractivity contribution in [2.45, 2.75) is 62.6 Å². The van der Waals surface area contributed by atoms with Gasteiger partial charge in [-0.1, -0.05) is 56.4 Å². The number of hydrogen-bond donors (Lipinski definition) is 1. The van der Waals surface area contributed by atoms with Crippen molar-refractivity contribution in [1.82, 2.24) is 4.90 Å². The zero-order valence-corrected chi connectivity index (χ0v) is 23.0. The van der Waals surface area contributed by atoms with E-state index in [-0.39, 0.29) is 30.9 Å². The Morgan fingerprint density at radius 2 is 1.78 bits per heavy atom. The highest BCUT2D eigenvalue weighted by atomic mass is 32.2. The molecule has 0 saturated carbocycles. The minimum atomic E-state index is -0.963. The second-order valence-electron chi connectivity index (χ2n) is 11.2. The SMILES string of the molecule is Cc1cccc(C)c1N1CC=C[C@]23S[C@@]4(C)C=CCCOC(=O)[C@H]4[C@H]2C(=O)N([C@@H](CO)C(C)C)C3C1=O. The Hall–Kier alpha value is -2.58. The number of carbonyl (C=O) groups is 3. The largest absolute Gasteiger partial charge is 0.465 e. The summed E-state index contributed by atoms with van der Waals surface area (Å²) in [5.41, 5.74) is 2.80. The minimum Gasteiger partial charge on any atom is -0.465 e. The number of hydrogen-bond acceptors (Lipinski definition) is 6. The van der Waals surface area contributed by atoms with Gasteiger partial charge in [0.15, 0.2) is 0 Å². The van der Waals surface area contributed by atoms with Crippen LogP contribution < -0.4 is 4.90 Å². The number of rotatable bonds is 4. The molecule has 1 aromatic carbocycles. The summed E-state index contributed by atoms with van der Waals surface area (Å²) >= 11 is 1.53. The molecule has 5 rings (SSSR count). The molecule has 1 spiro atoms. The fourth-order valence-electron chi connectivity index (χ4n) is 6.84. The number of nitrogens with zero attached hydrogens (tertiary/aromatic N) is 2. The van der Waals surface area contributed by atoms with E-state index in [9.17, 15) is 19.5 Å². The van der Waals surface area contributed by atoms with Crippen molar-refractivity contribution in [3.63, 3.8) is 0 Å². The van der Waals surface area contributed by atoms with E-state index in [1.54, 1.807) is 9.80 Å². The first-order valence-corrected chi connectivity index (χ1v) is 13.9. The molecule has 1 aromatic rings. The van der Waals surface area contributed by atoms with Gasteiger partial charge in [0.2, 0.25) is 5.91 Å². The molecule has 4 aliphatic heterocycles. The number of aliphatic hydroxyl groups excluding tert-OH is 1. The Kier molecular flexibility index (Phi) is 6.55. The highest BCUT2D eigenvalue weighted by molar-refractivity contribution is 8.02. The number of cyclic esters (lactones) is 1. The quantitative estimate of drug-likeness (QED) is 0.480. The van der Waals surface area contributed by atoms with Gasteiger partial charge in [-0.15, -0.1) is 11.8 Å². The number of benzene rings is 1. The van der Waals surface area contributed by atoms with Crippen LogP contribution >= 0.6 is 11.8 Å². The van der Waals surface area contributed by atoms with Crippen LogP contribution in [0, 0.1) is 31.6 Å². The zero-order valence-electron chi connectivity index (χ0n) is 22.1. The number of esters is 1. The van der Waals surface area contributed by atoms with Crippen molar-refractivity contribution < 1.29 is 24.2 Å². The number of amides is 2. The summed E-state index contributed by atoms with van der Waals surface area (Å²) in [6.45, 7) is 10.2. The lowest BCUT2D eigenvalue weighted by Crippen LogP contribution is -2.58. The van der Waals surface area contributed by atoms with E-state index < -0.39 is 39.4 Å². The van der Waals surface area contributed by atoms with Crippen molar-refractivity contribution in [3.8, 4) is 0 Å². The molecule has 4 heterocycles. The molecule has 0 radical (unpaired) electrons. The maximum absolute atomic E-state index is 14.7. The van der Waals surface area contributed by atoms with Crippen LogP contribution in [0.4, 0.5) is 5.69 Å². The van der Waals surface area contributed by atoms with E-state index >= 15 is 0 Å². The van der Waals surface area contributed by atoms with Gasteiger partial charge in [0.1, 0.15) is 6.04 Å². The molecule has 0 aliphatic carbocycles. The van der Waals surface area contributed by atoms with Crippen molar-refractivity contribution in [2.24, 2.45) is 17.8 Å². The van der Waals surface area contributed by atoms with Gasteiger partial charge in [0.25, 0.3) is 5.91 Å². The van der Waals surface area contributed by atoms with E-state index in [0.717, 1.165) is 16.8 Å². The average Bonchev–Trinajstić information content (AvgIpc) is 3.15. The molecule has 6 atom stereocenters. The van der Waals surface area contributed by atoms with Gasteiger partial charge in [-0.25, -0.2) is 0 Å². The molecule has 2 saturated heterocycles. The van der Waals surface area contributed by atoms with Crippen molar-refractivity contribution in [3.05, 3.63) is 53.6 Å². The van der Waals surface area contributed by atoms with Crippen LogP contribution in [0.1, 0.15) is 38.3 Å². The van der Waals surface area contributed by atoms with Crippen molar-refractivity contribution in [2.75, 3.05) is 24.7 Å². The fraction of sp³-hybridized carbons (Fsp3) is 0.552. The van der Waals surface area contributed by atoms with E-state index in [1.807, 2.05) is 77.1 Å². The van der Waals surface area contributed by atoms with Crippen LogP contribution in [0.15, 0.2) is 42.5 Å². The molecule has 2 amide bonds. The summed E-state index contributed by atoms with van der Waals surface area (Å²) in [6, 6.07) is 4.52. The third-order valence-corrected chi connectivity index (χ3v) is 10.3. The molecule has 2 fully saturated rings. The van der Waals surface area contributed by atoms with Crippen LogP contribution in [0.25, 0.3) is 0 Å². The number of anilines is 1. The summed E-state index contributed by atoms with van der Waals surface area (Å²) in [7, 11) is 0. The van der Waals surface area contributed by atoms with Gasteiger partial charge in [0, 0.05) is 17.0 Å². The lowest BCUT2D eigenvalue weighted by Gasteiger charge is -2.41. The molecule has 7 nitrogen and oxygen atoms in total. The molecule has 37 heavy (non-hydrogen) atoms. The topological polar surface area (TPSA) is 87.2 Å². The maximum Gasteiger partial charge on any atom is 0.311 e. The van der Waals surface area contributed by atoms with Crippen LogP contribution in [0.3, 0.4) is 0 Å². The number of carbonyl (C=O) groups excluding carboxylic acids is 3. The number of aryl methyl sites for hydroxylation is 2. The average molecular weight is 525 g/mol.